The summed E-state index contributed by atoms with van der Waals surface area (Å²) in [6, 6.07) is 9.89. The Kier molecular flexibility index (Phi) is 4.99. The number of rotatable bonds is 5. The van der Waals surface area contributed by atoms with Crippen LogP contribution < -0.4 is 5.32 Å². The Hall–Kier alpha value is -2.60. The average molecular weight is 365 g/mol. The van der Waals surface area contributed by atoms with E-state index in [9.17, 15) is 4.79 Å². The number of piperidine rings is 1. The largest absolute Gasteiger partial charge is 0.351 e. The minimum atomic E-state index is -0.0218. The van der Waals surface area contributed by atoms with Crippen LogP contribution in [0.2, 0.25) is 0 Å². The molecule has 1 atom stereocenters. The van der Waals surface area contributed by atoms with Crippen molar-refractivity contribution in [3.05, 3.63) is 53.5 Å². The highest BCUT2D eigenvalue weighted by molar-refractivity contribution is 5.97. The normalized spacial score (nSPS) is 18.1. The Bertz CT molecular complexity index is 908. The number of aryl methyl sites for hydroxylation is 2. The van der Waals surface area contributed by atoms with Crippen molar-refractivity contribution in [2.45, 2.75) is 26.3 Å². The average Bonchev–Trinajstić information content (AvgIpc) is 3.23. The fraction of sp³-hybridized carbons (Fsp3) is 0.429. The summed E-state index contributed by atoms with van der Waals surface area (Å²) in [5.74, 6) is 0.468. The van der Waals surface area contributed by atoms with Gasteiger partial charge in [0.05, 0.1) is 5.69 Å². The number of para-hydroxylation sites is 1. The molecule has 1 amide bonds. The van der Waals surface area contributed by atoms with Gasteiger partial charge in [-0.15, -0.1) is 0 Å². The second kappa shape index (κ2) is 7.56. The van der Waals surface area contributed by atoms with Crippen molar-refractivity contribution >= 4 is 16.8 Å². The molecule has 3 heterocycles. The Morgan fingerprint density at radius 1 is 1.37 bits per heavy atom. The van der Waals surface area contributed by atoms with Gasteiger partial charge in [0.25, 0.3) is 5.91 Å². The SMILES string of the molecule is Cc1nn(C)cc1CN1CCC[C@@H](CNC(=O)c2cc3ccccc3[nH]2)C1. The molecule has 6 nitrogen and oxygen atoms in total. The third-order valence-corrected chi connectivity index (χ3v) is 5.44. The maximum Gasteiger partial charge on any atom is 0.267 e. The van der Waals surface area contributed by atoms with Gasteiger partial charge in [0, 0.05) is 49.3 Å². The summed E-state index contributed by atoms with van der Waals surface area (Å²) in [6.07, 6.45) is 4.44. The zero-order valence-corrected chi connectivity index (χ0v) is 16.0. The van der Waals surface area contributed by atoms with E-state index in [-0.39, 0.29) is 5.91 Å². The van der Waals surface area contributed by atoms with Crippen molar-refractivity contribution in [2.24, 2.45) is 13.0 Å². The number of carbonyl (C=O) groups is 1. The molecule has 2 aromatic heterocycles. The van der Waals surface area contributed by atoms with Gasteiger partial charge in [-0.2, -0.15) is 5.10 Å². The van der Waals surface area contributed by atoms with E-state index in [2.05, 4.69) is 33.4 Å². The van der Waals surface area contributed by atoms with Gasteiger partial charge >= 0.3 is 0 Å². The summed E-state index contributed by atoms with van der Waals surface area (Å²) in [4.78, 5) is 18.2. The summed E-state index contributed by atoms with van der Waals surface area (Å²) < 4.78 is 1.88. The molecule has 4 rings (SSSR count). The molecular formula is C21H27N5O. The standard InChI is InChI=1S/C21H27N5O/c1-15-18(13-25(2)24-15)14-26-9-5-6-16(12-26)11-22-21(27)20-10-17-7-3-4-8-19(17)23-20/h3-4,7-8,10,13,16,23H,5-6,9,11-12,14H2,1-2H3,(H,22,27)/t16-/m0/s1. The highest BCUT2D eigenvalue weighted by atomic mass is 16.1. The van der Waals surface area contributed by atoms with Gasteiger partial charge in [-0.25, -0.2) is 0 Å². The lowest BCUT2D eigenvalue weighted by molar-refractivity contribution is 0.0926. The predicted molar refractivity (Wildman–Crippen MR) is 107 cm³/mol. The highest BCUT2D eigenvalue weighted by Gasteiger charge is 2.22. The van der Waals surface area contributed by atoms with E-state index in [1.807, 2.05) is 42.1 Å². The molecule has 3 aromatic rings. The molecule has 0 saturated carbocycles. The van der Waals surface area contributed by atoms with Crippen LogP contribution in [0.4, 0.5) is 0 Å². The van der Waals surface area contributed by atoms with Crippen molar-refractivity contribution in [3.8, 4) is 0 Å². The smallest absolute Gasteiger partial charge is 0.267 e. The molecule has 1 fully saturated rings. The first-order valence-corrected chi connectivity index (χ1v) is 9.66. The van der Waals surface area contributed by atoms with E-state index >= 15 is 0 Å². The van der Waals surface area contributed by atoms with E-state index in [0.29, 0.717) is 11.6 Å². The molecule has 27 heavy (non-hydrogen) atoms. The van der Waals surface area contributed by atoms with Gasteiger partial charge in [-0.3, -0.25) is 14.4 Å². The number of hydrogen-bond donors (Lipinski definition) is 2. The van der Waals surface area contributed by atoms with Gasteiger partial charge in [-0.05, 0) is 44.4 Å². The van der Waals surface area contributed by atoms with Crippen LogP contribution in [0.5, 0.6) is 0 Å². The van der Waals surface area contributed by atoms with Crippen LogP contribution in [0.25, 0.3) is 10.9 Å². The van der Waals surface area contributed by atoms with Crippen LogP contribution in [0.15, 0.2) is 36.5 Å². The van der Waals surface area contributed by atoms with Crippen molar-refractivity contribution in [1.82, 2.24) is 25.0 Å². The second-order valence-corrected chi connectivity index (χ2v) is 7.64. The minimum absolute atomic E-state index is 0.0218. The fourth-order valence-corrected chi connectivity index (χ4v) is 4.03. The Labute approximate surface area is 159 Å². The summed E-state index contributed by atoms with van der Waals surface area (Å²) in [6.45, 7) is 5.85. The highest BCUT2D eigenvalue weighted by Crippen LogP contribution is 2.19. The van der Waals surface area contributed by atoms with Gasteiger partial charge < -0.3 is 10.3 Å². The molecule has 0 radical (unpaired) electrons. The zero-order valence-electron chi connectivity index (χ0n) is 16.0. The van der Waals surface area contributed by atoms with E-state index in [1.54, 1.807) is 0 Å². The second-order valence-electron chi connectivity index (χ2n) is 7.64. The van der Waals surface area contributed by atoms with E-state index in [0.717, 1.165) is 49.2 Å². The van der Waals surface area contributed by atoms with Crippen LogP contribution in [-0.4, -0.2) is 45.2 Å². The number of aromatic amines is 1. The molecule has 1 saturated heterocycles. The lowest BCUT2D eigenvalue weighted by Gasteiger charge is -2.32. The molecule has 0 aliphatic carbocycles. The molecular weight excluding hydrogens is 338 g/mol. The van der Waals surface area contributed by atoms with Crippen LogP contribution >= 0.6 is 0 Å². The number of carbonyl (C=O) groups excluding carboxylic acids is 1. The number of aromatic nitrogens is 3. The van der Waals surface area contributed by atoms with Crippen LogP contribution in [-0.2, 0) is 13.6 Å². The van der Waals surface area contributed by atoms with Gasteiger partial charge in [-0.1, -0.05) is 18.2 Å². The lowest BCUT2D eigenvalue weighted by atomic mass is 9.97. The summed E-state index contributed by atoms with van der Waals surface area (Å²) in [7, 11) is 1.97. The van der Waals surface area contributed by atoms with E-state index in [1.165, 1.54) is 12.0 Å². The molecule has 0 unspecified atom stereocenters. The fourth-order valence-electron chi connectivity index (χ4n) is 4.03. The zero-order chi connectivity index (χ0) is 18.8. The molecule has 0 spiro atoms. The summed E-state index contributed by atoms with van der Waals surface area (Å²) in [5, 5.41) is 8.62. The molecule has 142 valence electrons. The maximum absolute atomic E-state index is 12.5. The number of hydrogen-bond acceptors (Lipinski definition) is 3. The number of nitrogens with one attached hydrogen (secondary N) is 2. The molecule has 1 aliphatic heterocycles. The van der Waals surface area contributed by atoms with Crippen LogP contribution in [0.1, 0.15) is 34.6 Å². The summed E-state index contributed by atoms with van der Waals surface area (Å²) in [5.41, 5.74) is 4.03. The Morgan fingerprint density at radius 3 is 3.00 bits per heavy atom. The van der Waals surface area contributed by atoms with Crippen molar-refractivity contribution < 1.29 is 4.79 Å². The first-order valence-electron chi connectivity index (χ1n) is 9.66. The van der Waals surface area contributed by atoms with Gasteiger partial charge in [0.2, 0.25) is 0 Å². The molecule has 1 aliphatic rings. The van der Waals surface area contributed by atoms with Gasteiger partial charge in [0.15, 0.2) is 0 Å². The monoisotopic (exact) mass is 365 g/mol. The quantitative estimate of drug-likeness (QED) is 0.731. The number of amides is 1. The number of H-pyrrole nitrogens is 1. The van der Waals surface area contributed by atoms with Crippen molar-refractivity contribution in [2.75, 3.05) is 19.6 Å². The van der Waals surface area contributed by atoms with Crippen LogP contribution in [0, 0.1) is 12.8 Å². The molecule has 2 N–H and O–H groups in total. The first kappa shape index (κ1) is 17.8. The number of likely N-dealkylation sites (tertiary alicyclic amines) is 1. The molecule has 1 aromatic carbocycles. The van der Waals surface area contributed by atoms with Crippen molar-refractivity contribution in [3.63, 3.8) is 0 Å². The number of fused-ring (bicyclic) bond motifs is 1. The number of benzene rings is 1. The lowest BCUT2D eigenvalue weighted by Crippen LogP contribution is -2.40. The number of nitrogens with zero attached hydrogens (tertiary/aromatic N) is 3. The van der Waals surface area contributed by atoms with Gasteiger partial charge in [0.1, 0.15) is 5.69 Å². The summed E-state index contributed by atoms with van der Waals surface area (Å²) >= 11 is 0. The molecule has 6 heteroatoms. The van der Waals surface area contributed by atoms with Crippen LogP contribution in [0.3, 0.4) is 0 Å². The third kappa shape index (κ3) is 4.06. The predicted octanol–water partition coefficient (Wildman–Crippen LogP) is 2.85. The topological polar surface area (TPSA) is 66.0 Å². The van der Waals surface area contributed by atoms with E-state index in [4.69, 9.17) is 0 Å². The van der Waals surface area contributed by atoms with Crippen molar-refractivity contribution in [1.29, 1.82) is 0 Å². The Balaban J connectivity index is 1.32. The Morgan fingerprint density at radius 2 is 2.22 bits per heavy atom. The minimum Gasteiger partial charge on any atom is -0.351 e. The van der Waals surface area contributed by atoms with E-state index < -0.39 is 0 Å². The third-order valence-electron chi connectivity index (χ3n) is 5.44. The first-order chi connectivity index (χ1) is 13.1. The molecule has 0 bridgehead atoms. The maximum atomic E-state index is 12.5.